The summed E-state index contributed by atoms with van der Waals surface area (Å²) in [6.07, 6.45) is 8.99. The van der Waals surface area contributed by atoms with Gasteiger partial charge in [0.05, 0.1) is 0 Å². The molecule has 0 N–H and O–H groups in total. The summed E-state index contributed by atoms with van der Waals surface area (Å²) >= 11 is 1.74. The van der Waals surface area contributed by atoms with Crippen LogP contribution in [0.15, 0.2) is 36.7 Å². The Morgan fingerprint density at radius 1 is 1.00 bits per heavy atom. The Balaban J connectivity index is 1.79. The van der Waals surface area contributed by atoms with E-state index in [2.05, 4.69) is 33.4 Å². The largest absolute Gasteiger partial charge is 0.263 e. The van der Waals surface area contributed by atoms with Crippen LogP contribution in [0.5, 0.6) is 0 Å². The lowest BCUT2D eigenvalue weighted by Crippen LogP contribution is -1.89. The highest BCUT2D eigenvalue weighted by Gasteiger charge is 2.21. The molecule has 0 atom stereocenters. The second kappa shape index (κ2) is 4.94. The molecule has 3 nitrogen and oxygen atoms in total. The van der Waals surface area contributed by atoms with Crippen LogP contribution in [0, 0.1) is 0 Å². The number of pyridine rings is 1. The van der Waals surface area contributed by atoms with Crippen molar-refractivity contribution in [2.75, 3.05) is 0 Å². The number of benzene rings is 1. The fraction of sp³-hybridized carbons (Fsp3) is 0.312. The minimum Gasteiger partial charge on any atom is -0.263 e. The predicted octanol–water partition coefficient (Wildman–Crippen LogP) is 4.41. The zero-order chi connectivity index (χ0) is 13.4. The van der Waals surface area contributed by atoms with Gasteiger partial charge in [0.1, 0.15) is 10.0 Å². The normalized spacial score (nSPS) is 16.0. The highest BCUT2D eigenvalue weighted by atomic mass is 32.1. The number of fused-ring (bicyclic) bond motifs is 1. The first-order valence-corrected chi connectivity index (χ1v) is 7.90. The maximum atomic E-state index is 4.42. The van der Waals surface area contributed by atoms with Crippen molar-refractivity contribution in [3.63, 3.8) is 0 Å². The first kappa shape index (κ1) is 12.0. The Morgan fingerprint density at radius 3 is 2.75 bits per heavy atom. The molecule has 0 unspecified atom stereocenters. The lowest BCUT2D eigenvalue weighted by atomic mass is 10.1. The smallest absolute Gasteiger partial charge is 0.149 e. The molecule has 1 fully saturated rings. The maximum absolute atomic E-state index is 4.42. The van der Waals surface area contributed by atoms with Crippen LogP contribution in [-0.4, -0.2) is 15.2 Å². The van der Waals surface area contributed by atoms with Gasteiger partial charge < -0.3 is 0 Å². The van der Waals surface area contributed by atoms with E-state index in [9.17, 15) is 0 Å². The molecule has 0 spiro atoms. The molecule has 0 amide bonds. The third kappa shape index (κ3) is 2.00. The molecule has 20 heavy (non-hydrogen) atoms. The minimum atomic E-state index is 0.629. The van der Waals surface area contributed by atoms with E-state index in [4.69, 9.17) is 0 Å². The monoisotopic (exact) mass is 281 g/mol. The van der Waals surface area contributed by atoms with Gasteiger partial charge >= 0.3 is 0 Å². The third-order valence-corrected chi connectivity index (χ3v) is 5.16. The van der Waals surface area contributed by atoms with Gasteiger partial charge in [0.15, 0.2) is 0 Å². The second-order valence-corrected chi connectivity index (χ2v) is 6.34. The fourth-order valence-corrected chi connectivity index (χ4v) is 4.00. The molecule has 0 aliphatic heterocycles. The highest BCUT2D eigenvalue weighted by Crippen LogP contribution is 2.38. The fourth-order valence-electron chi connectivity index (χ4n) is 2.97. The van der Waals surface area contributed by atoms with Gasteiger partial charge in [-0.3, -0.25) is 4.98 Å². The van der Waals surface area contributed by atoms with Gasteiger partial charge in [-0.15, -0.1) is 10.2 Å². The summed E-state index contributed by atoms with van der Waals surface area (Å²) in [7, 11) is 0. The molecular weight excluding hydrogens is 266 g/mol. The Labute approximate surface area is 121 Å². The molecule has 2 heterocycles. The SMILES string of the molecule is c1ccc2c(-c3nnc(C4CCCC4)s3)cncc2c1. The average molecular weight is 281 g/mol. The molecule has 1 aromatic carbocycles. The van der Waals surface area contributed by atoms with Crippen molar-refractivity contribution in [2.24, 2.45) is 0 Å². The van der Waals surface area contributed by atoms with E-state index in [1.807, 2.05) is 18.5 Å². The van der Waals surface area contributed by atoms with E-state index in [0.717, 1.165) is 16.0 Å². The van der Waals surface area contributed by atoms with Crippen LogP contribution in [0.25, 0.3) is 21.3 Å². The van der Waals surface area contributed by atoms with Crippen LogP contribution in [0.1, 0.15) is 36.6 Å². The van der Waals surface area contributed by atoms with Gasteiger partial charge in [0.2, 0.25) is 0 Å². The number of rotatable bonds is 2. The standard InChI is InChI=1S/C16H15N3S/c1-2-6-11(5-1)15-18-19-16(20-15)14-10-17-9-12-7-3-4-8-13(12)14/h3-4,7-11H,1-2,5-6H2. The van der Waals surface area contributed by atoms with Gasteiger partial charge in [0, 0.05) is 29.3 Å². The quantitative estimate of drug-likeness (QED) is 0.698. The summed E-state index contributed by atoms with van der Waals surface area (Å²) in [5, 5.41) is 13.4. The zero-order valence-electron chi connectivity index (χ0n) is 11.1. The zero-order valence-corrected chi connectivity index (χ0v) is 11.9. The van der Waals surface area contributed by atoms with Gasteiger partial charge in [-0.25, -0.2) is 0 Å². The van der Waals surface area contributed by atoms with Crippen LogP contribution < -0.4 is 0 Å². The van der Waals surface area contributed by atoms with Crippen molar-refractivity contribution in [3.05, 3.63) is 41.7 Å². The first-order valence-electron chi connectivity index (χ1n) is 7.08. The average Bonchev–Trinajstić information content (AvgIpc) is 3.17. The van der Waals surface area contributed by atoms with Crippen molar-refractivity contribution < 1.29 is 0 Å². The van der Waals surface area contributed by atoms with E-state index in [-0.39, 0.29) is 0 Å². The summed E-state index contributed by atoms with van der Waals surface area (Å²) in [5.74, 6) is 0.629. The van der Waals surface area contributed by atoms with E-state index in [1.54, 1.807) is 11.3 Å². The summed E-state index contributed by atoms with van der Waals surface area (Å²) in [6.45, 7) is 0. The lowest BCUT2D eigenvalue weighted by Gasteiger charge is -2.02. The highest BCUT2D eigenvalue weighted by molar-refractivity contribution is 7.14. The van der Waals surface area contributed by atoms with E-state index >= 15 is 0 Å². The Kier molecular flexibility index (Phi) is 2.96. The van der Waals surface area contributed by atoms with Crippen LogP contribution in [0.3, 0.4) is 0 Å². The first-order chi connectivity index (χ1) is 9.92. The van der Waals surface area contributed by atoms with Gasteiger partial charge in [0.25, 0.3) is 0 Å². The molecule has 2 aromatic heterocycles. The third-order valence-electron chi connectivity index (χ3n) is 4.04. The van der Waals surface area contributed by atoms with E-state index in [1.165, 1.54) is 36.1 Å². The number of hydrogen-bond donors (Lipinski definition) is 0. The maximum Gasteiger partial charge on any atom is 0.149 e. The molecule has 1 aliphatic carbocycles. The Hall–Kier alpha value is -1.81. The molecule has 0 saturated heterocycles. The molecule has 0 bridgehead atoms. The van der Waals surface area contributed by atoms with Gasteiger partial charge in [-0.05, 0) is 18.2 Å². The van der Waals surface area contributed by atoms with Crippen molar-refractivity contribution in [2.45, 2.75) is 31.6 Å². The second-order valence-electron chi connectivity index (χ2n) is 5.34. The minimum absolute atomic E-state index is 0.629. The van der Waals surface area contributed by atoms with Crippen molar-refractivity contribution in [1.29, 1.82) is 0 Å². The predicted molar refractivity (Wildman–Crippen MR) is 81.9 cm³/mol. The van der Waals surface area contributed by atoms with Crippen LogP contribution in [0.2, 0.25) is 0 Å². The molecule has 3 aromatic rings. The van der Waals surface area contributed by atoms with Crippen molar-refractivity contribution >= 4 is 22.1 Å². The summed E-state index contributed by atoms with van der Waals surface area (Å²) in [6, 6.07) is 8.32. The van der Waals surface area contributed by atoms with Crippen molar-refractivity contribution in [3.8, 4) is 10.6 Å². The van der Waals surface area contributed by atoms with Crippen molar-refractivity contribution in [1.82, 2.24) is 15.2 Å². The topological polar surface area (TPSA) is 38.7 Å². The van der Waals surface area contributed by atoms with E-state index < -0.39 is 0 Å². The molecule has 0 radical (unpaired) electrons. The summed E-state index contributed by atoms with van der Waals surface area (Å²) in [5.41, 5.74) is 1.10. The Bertz CT molecular complexity index is 739. The molecule has 100 valence electrons. The molecular formula is C16H15N3S. The van der Waals surface area contributed by atoms with Crippen LogP contribution in [-0.2, 0) is 0 Å². The van der Waals surface area contributed by atoms with Gasteiger partial charge in [-0.1, -0.05) is 48.4 Å². The number of nitrogens with zero attached hydrogens (tertiary/aromatic N) is 3. The van der Waals surface area contributed by atoms with E-state index in [0.29, 0.717) is 5.92 Å². The van der Waals surface area contributed by atoms with Crippen LogP contribution in [0.4, 0.5) is 0 Å². The Morgan fingerprint density at radius 2 is 1.85 bits per heavy atom. The lowest BCUT2D eigenvalue weighted by molar-refractivity contribution is 0.705. The molecule has 4 rings (SSSR count). The molecule has 1 aliphatic rings. The molecule has 4 heteroatoms. The summed E-state index contributed by atoms with van der Waals surface area (Å²) in [4.78, 5) is 4.33. The van der Waals surface area contributed by atoms with Gasteiger partial charge in [-0.2, -0.15) is 0 Å². The summed E-state index contributed by atoms with van der Waals surface area (Å²) < 4.78 is 0. The van der Waals surface area contributed by atoms with Crippen LogP contribution >= 0.6 is 11.3 Å². The molecule has 1 saturated carbocycles. The number of aromatic nitrogens is 3. The number of hydrogen-bond acceptors (Lipinski definition) is 4.